The Hall–Kier alpha value is -2.24. The van der Waals surface area contributed by atoms with E-state index in [1.165, 1.54) is 4.90 Å². The van der Waals surface area contributed by atoms with E-state index in [0.717, 1.165) is 6.42 Å². The summed E-state index contributed by atoms with van der Waals surface area (Å²) in [5, 5.41) is 14.4. The Bertz CT molecular complexity index is 445. The van der Waals surface area contributed by atoms with E-state index in [4.69, 9.17) is 10.9 Å². The van der Waals surface area contributed by atoms with Crippen molar-refractivity contribution >= 4 is 17.6 Å². The highest BCUT2D eigenvalue weighted by Crippen LogP contribution is 2.18. The number of para-hydroxylation sites is 1. The predicted molar refractivity (Wildman–Crippen MR) is 71.0 cm³/mol. The van der Waals surface area contributed by atoms with Crippen LogP contribution in [0.3, 0.4) is 0 Å². The molecule has 0 atom stereocenters. The molecule has 4 N–H and O–H groups in total. The van der Waals surface area contributed by atoms with E-state index in [1.807, 2.05) is 6.92 Å². The van der Waals surface area contributed by atoms with E-state index in [-0.39, 0.29) is 11.9 Å². The maximum atomic E-state index is 11.8. The van der Waals surface area contributed by atoms with Crippen molar-refractivity contribution in [2.75, 3.05) is 18.5 Å². The highest BCUT2D eigenvalue weighted by Gasteiger charge is 2.15. The number of hydrogen-bond donors (Lipinski definition) is 3. The molecule has 0 unspecified atom stereocenters. The summed E-state index contributed by atoms with van der Waals surface area (Å²) in [6, 6.07) is 6.74. The Morgan fingerprint density at radius 3 is 2.78 bits per heavy atom. The highest BCUT2D eigenvalue weighted by atomic mass is 16.4. The molecule has 1 aromatic carbocycles. The standard InChI is InChI=1S/C12H18N4O2/c1-3-8-14-12(17)16(2)10-7-5-4-6-9(10)11(13)15-18/h4-7,18H,3,8H2,1-2H3,(H2,13,15)(H,14,17). The van der Waals surface area contributed by atoms with Crippen LogP contribution in [-0.4, -0.2) is 30.7 Å². The average molecular weight is 250 g/mol. The van der Waals surface area contributed by atoms with Crippen LogP contribution in [0.4, 0.5) is 10.5 Å². The third-order valence-electron chi connectivity index (χ3n) is 2.48. The van der Waals surface area contributed by atoms with Crippen molar-refractivity contribution in [3.8, 4) is 0 Å². The van der Waals surface area contributed by atoms with Crippen LogP contribution in [-0.2, 0) is 0 Å². The van der Waals surface area contributed by atoms with Gasteiger partial charge in [-0.1, -0.05) is 24.2 Å². The van der Waals surface area contributed by atoms with Gasteiger partial charge in [-0.2, -0.15) is 0 Å². The minimum atomic E-state index is -0.227. The number of amides is 2. The number of urea groups is 1. The molecule has 0 fully saturated rings. The van der Waals surface area contributed by atoms with Crippen LogP contribution in [0.1, 0.15) is 18.9 Å². The molecule has 0 radical (unpaired) electrons. The summed E-state index contributed by atoms with van der Waals surface area (Å²) in [6.07, 6.45) is 0.863. The molecule has 1 rings (SSSR count). The average Bonchev–Trinajstić information content (AvgIpc) is 2.43. The lowest BCUT2D eigenvalue weighted by molar-refractivity contribution is 0.247. The van der Waals surface area contributed by atoms with Gasteiger partial charge in [-0.25, -0.2) is 4.79 Å². The van der Waals surface area contributed by atoms with Crippen LogP contribution >= 0.6 is 0 Å². The van der Waals surface area contributed by atoms with Crippen LogP contribution < -0.4 is 16.0 Å². The molecule has 0 aliphatic carbocycles. The summed E-state index contributed by atoms with van der Waals surface area (Å²) in [4.78, 5) is 13.3. The highest BCUT2D eigenvalue weighted by molar-refractivity contribution is 6.05. The number of anilines is 1. The summed E-state index contributed by atoms with van der Waals surface area (Å²) in [5.74, 6) is -0.0271. The van der Waals surface area contributed by atoms with Crippen LogP contribution in [0, 0.1) is 0 Å². The molecule has 18 heavy (non-hydrogen) atoms. The maximum Gasteiger partial charge on any atom is 0.321 e. The first kappa shape index (κ1) is 13.8. The number of amidine groups is 1. The minimum absolute atomic E-state index is 0.0271. The van der Waals surface area contributed by atoms with E-state index in [2.05, 4.69) is 10.5 Å². The van der Waals surface area contributed by atoms with Gasteiger partial charge in [0.1, 0.15) is 0 Å². The molecule has 0 bridgehead atoms. The number of nitrogens with zero attached hydrogens (tertiary/aromatic N) is 2. The second-order valence-electron chi connectivity index (χ2n) is 3.79. The second kappa shape index (κ2) is 6.48. The zero-order chi connectivity index (χ0) is 13.5. The summed E-state index contributed by atoms with van der Waals surface area (Å²) < 4.78 is 0. The predicted octanol–water partition coefficient (Wildman–Crippen LogP) is 1.34. The number of oxime groups is 1. The van der Waals surface area contributed by atoms with Crippen LogP contribution in [0.15, 0.2) is 29.4 Å². The number of hydrogen-bond acceptors (Lipinski definition) is 3. The first-order valence-electron chi connectivity index (χ1n) is 5.70. The fourth-order valence-electron chi connectivity index (χ4n) is 1.50. The molecule has 0 aliphatic heterocycles. The molecule has 98 valence electrons. The normalized spacial score (nSPS) is 11.1. The summed E-state index contributed by atoms with van der Waals surface area (Å²) in [5.41, 5.74) is 6.67. The SMILES string of the molecule is CCCNC(=O)N(C)c1ccccc1C(N)=NO. The van der Waals surface area contributed by atoms with Gasteiger partial charge in [0.2, 0.25) is 0 Å². The van der Waals surface area contributed by atoms with Crippen molar-refractivity contribution in [3.05, 3.63) is 29.8 Å². The van der Waals surface area contributed by atoms with Gasteiger partial charge in [0.15, 0.2) is 5.84 Å². The molecule has 6 heteroatoms. The Kier molecular flexibility index (Phi) is 4.98. The Labute approximate surface area is 106 Å². The topological polar surface area (TPSA) is 91.0 Å². The number of carbonyl (C=O) groups is 1. The maximum absolute atomic E-state index is 11.8. The van der Waals surface area contributed by atoms with Gasteiger partial charge in [-0.15, -0.1) is 0 Å². The van der Waals surface area contributed by atoms with E-state index >= 15 is 0 Å². The second-order valence-corrected chi connectivity index (χ2v) is 3.79. The van der Waals surface area contributed by atoms with Crippen LogP contribution in [0.25, 0.3) is 0 Å². The van der Waals surface area contributed by atoms with Gasteiger partial charge in [0.05, 0.1) is 5.69 Å². The Morgan fingerprint density at radius 1 is 1.50 bits per heavy atom. The Morgan fingerprint density at radius 2 is 2.17 bits per heavy atom. The molecule has 0 aromatic heterocycles. The largest absolute Gasteiger partial charge is 0.409 e. The molecule has 0 heterocycles. The quantitative estimate of drug-likeness (QED) is 0.326. The van der Waals surface area contributed by atoms with Gasteiger partial charge in [0.25, 0.3) is 0 Å². The van der Waals surface area contributed by atoms with Crippen LogP contribution in [0.5, 0.6) is 0 Å². The number of carbonyl (C=O) groups excluding carboxylic acids is 1. The van der Waals surface area contributed by atoms with Crippen molar-refractivity contribution in [1.29, 1.82) is 0 Å². The zero-order valence-corrected chi connectivity index (χ0v) is 10.6. The van der Waals surface area contributed by atoms with Crippen molar-refractivity contribution in [1.82, 2.24) is 5.32 Å². The zero-order valence-electron chi connectivity index (χ0n) is 10.6. The molecule has 6 nitrogen and oxygen atoms in total. The van der Waals surface area contributed by atoms with Crippen LogP contribution in [0.2, 0.25) is 0 Å². The van der Waals surface area contributed by atoms with Gasteiger partial charge < -0.3 is 16.3 Å². The molecule has 1 aromatic rings. The summed E-state index contributed by atoms with van der Waals surface area (Å²) in [6.45, 7) is 2.58. The Balaban J connectivity index is 2.98. The molecule has 0 spiro atoms. The third-order valence-corrected chi connectivity index (χ3v) is 2.48. The van der Waals surface area contributed by atoms with E-state index < -0.39 is 0 Å². The lowest BCUT2D eigenvalue weighted by Gasteiger charge is -2.20. The fourth-order valence-corrected chi connectivity index (χ4v) is 1.50. The first-order chi connectivity index (χ1) is 8.61. The molecule has 0 saturated carbocycles. The van der Waals surface area contributed by atoms with Crippen molar-refractivity contribution in [2.45, 2.75) is 13.3 Å². The summed E-state index contributed by atoms with van der Waals surface area (Å²) in [7, 11) is 1.63. The van der Waals surface area contributed by atoms with Crippen molar-refractivity contribution in [3.63, 3.8) is 0 Å². The lowest BCUT2D eigenvalue weighted by atomic mass is 10.1. The van der Waals surface area contributed by atoms with Crippen molar-refractivity contribution < 1.29 is 10.0 Å². The van der Waals surface area contributed by atoms with Crippen molar-refractivity contribution in [2.24, 2.45) is 10.9 Å². The lowest BCUT2D eigenvalue weighted by Crippen LogP contribution is -2.38. The van der Waals surface area contributed by atoms with E-state index in [0.29, 0.717) is 17.8 Å². The molecular formula is C12H18N4O2. The van der Waals surface area contributed by atoms with E-state index in [9.17, 15) is 4.79 Å². The molecule has 0 saturated heterocycles. The molecule has 2 amide bonds. The van der Waals surface area contributed by atoms with Gasteiger partial charge in [-0.05, 0) is 18.6 Å². The smallest absolute Gasteiger partial charge is 0.321 e. The monoisotopic (exact) mass is 250 g/mol. The third kappa shape index (κ3) is 3.13. The molecular weight excluding hydrogens is 232 g/mol. The van der Waals surface area contributed by atoms with Gasteiger partial charge >= 0.3 is 6.03 Å². The number of nitrogens with two attached hydrogens (primary N) is 1. The van der Waals surface area contributed by atoms with E-state index in [1.54, 1.807) is 31.3 Å². The minimum Gasteiger partial charge on any atom is -0.409 e. The summed E-state index contributed by atoms with van der Waals surface area (Å²) >= 11 is 0. The number of rotatable bonds is 4. The first-order valence-corrected chi connectivity index (χ1v) is 5.70. The van der Waals surface area contributed by atoms with Gasteiger partial charge in [-0.3, -0.25) is 4.90 Å². The number of benzene rings is 1. The number of nitrogens with one attached hydrogen (secondary N) is 1. The van der Waals surface area contributed by atoms with Gasteiger partial charge in [0, 0.05) is 19.2 Å². The fraction of sp³-hybridized carbons (Fsp3) is 0.333. The molecule has 0 aliphatic rings.